The fourth-order valence-electron chi connectivity index (χ4n) is 1.89. The van der Waals surface area contributed by atoms with Gasteiger partial charge in [0.15, 0.2) is 11.5 Å². The highest BCUT2D eigenvalue weighted by molar-refractivity contribution is 5.52. The quantitative estimate of drug-likeness (QED) is 0.667. The van der Waals surface area contributed by atoms with E-state index in [1.165, 1.54) is 18.3 Å². The molecule has 1 heterocycles. The molecule has 1 aromatic heterocycles. The number of nitro benzene ring substituents is 1. The maximum absolute atomic E-state index is 13.8. The monoisotopic (exact) mass is 279 g/mol. The largest absolute Gasteiger partial charge is 0.323 e. The number of rotatable bonds is 5. The minimum Gasteiger partial charge on any atom is -0.323 e. The molecule has 0 spiro atoms. The smallest absolute Gasteiger partial charge is 0.297 e. The van der Waals surface area contributed by atoms with Crippen LogP contribution in [-0.4, -0.2) is 19.9 Å². The molecule has 0 aliphatic rings. The number of nitro groups is 1. The van der Waals surface area contributed by atoms with Gasteiger partial charge in [0, 0.05) is 6.07 Å². The molecule has 1 aromatic carbocycles. The maximum atomic E-state index is 13.8. The Morgan fingerprint density at radius 2 is 2.30 bits per heavy atom. The Kier molecular flexibility index (Phi) is 4.04. The van der Waals surface area contributed by atoms with Crippen LogP contribution in [-0.2, 0) is 0 Å². The van der Waals surface area contributed by atoms with E-state index >= 15 is 0 Å². The highest BCUT2D eigenvalue weighted by Gasteiger charge is 2.21. The number of benzene rings is 1. The number of nitrogens with zero attached hydrogens (tertiary/aromatic N) is 4. The zero-order valence-electron chi connectivity index (χ0n) is 10.9. The molecule has 0 radical (unpaired) electrons. The lowest BCUT2D eigenvalue weighted by molar-refractivity contribution is -0.384. The summed E-state index contributed by atoms with van der Waals surface area (Å²) < 4.78 is 14.9. The lowest BCUT2D eigenvalue weighted by Crippen LogP contribution is -2.10. The van der Waals surface area contributed by atoms with Crippen LogP contribution in [0.15, 0.2) is 24.4 Å². The van der Waals surface area contributed by atoms with Gasteiger partial charge in [0.1, 0.15) is 0 Å². The van der Waals surface area contributed by atoms with Crippen molar-refractivity contribution in [1.29, 1.82) is 0 Å². The van der Waals surface area contributed by atoms with Crippen molar-refractivity contribution in [3.05, 3.63) is 46.0 Å². The van der Waals surface area contributed by atoms with E-state index in [1.54, 1.807) is 0 Å². The SMILES string of the molecule is CCCC(N)c1cn(-c2c(F)cccc2[N+](=O)[O-])nn1. The predicted octanol–water partition coefficient (Wildman–Crippen LogP) is 2.11. The third kappa shape index (κ3) is 2.64. The van der Waals surface area contributed by atoms with Crippen molar-refractivity contribution in [2.24, 2.45) is 5.73 Å². The molecule has 7 nitrogen and oxygen atoms in total. The Balaban J connectivity index is 2.45. The van der Waals surface area contributed by atoms with Crippen LogP contribution in [0.5, 0.6) is 0 Å². The van der Waals surface area contributed by atoms with Gasteiger partial charge in [0.25, 0.3) is 5.69 Å². The van der Waals surface area contributed by atoms with Gasteiger partial charge in [-0.15, -0.1) is 5.10 Å². The molecule has 0 aliphatic heterocycles. The van der Waals surface area contributed by atoms with E-state index in [9.17, 15) is 14.5 Å². The predicted molar refractivity (Wildman–Crippen MR) is 69.8 cm³/mol. The molecule has 0 aliphatic carbocycles. The van der Waals surface area contributed by atoms with Gasteiger partial charge in [-0.25, -0.2) is 9.07 Å². The number of hydrogen-bond acceptors (Lipinski definition) is 5. The Hall–Kier alpha value is -2.35. The summed E-state index contributed by atoms with van der Waals surface area (Å²) >= 11 is 0. The first-order valence-electron chi connectivity index (χ1n) is 6.15. The van der Waals surface area contributed by atoms with Gasteiger partial charge in [-0.1, -0.05) is 24.6 Å². The second kappa shape index (κ2) is 5.74. The number of halogens is 1. The van der Waals surface area contributed by atoms with E-state index in [0.29, 0.717) is 12.1 Å². The minimum atomic E-state index is -0.736. The fraction of sp³-hybridized carbons (Fsp3) is 0.333. The normalized spacial score (nSPS) is 12.3. The highest BCUT2D eigenvalue weighted by Crippen LogP contribution is 2.25. The van der Waals surface area contributed by atoms with Crippen molar-refractivity contribution in [3.63, 3.8) is 0 Å². The summed E-state index contributed by atoms with van der Waals surface area (Å²) in [6, 6.07) is 3.30. The van der Waals surface area contributed by atoms with Crippen LogP contribution in [0.2, 0.25) is 0 Å². The average molecular weight is 279 g/mol. The molecule has 0 fully saturated rings. The first-order chi connectivity index (χ1) is 9.54. The first-order valence-corrected chi connectivity index (χ1v) is 6.15. The van der Waals surface area contributed by atoms with Crippen molar-refractivity contribution < 1.29 is 9.31 Å². The average Bonchev–Trinajstić information content (AvgIpc) is 2.88. The molecule has 8 heteroatoms. The lowest BCUT2D eigenvalue weighted by Gasteiger charge is -2.05. The molecule has 0 saturated heterocycles. The summed E-state index contributed by atoms with van der Waals surface area (Å²) in [4.78, 5) is 10.3. The molecule has 0 bridgehead atoms. The van der Waals surface area contributed by atoms with E-state index in [0.717, 1.165) is 17.2 Å². The Morgan fingerprint density at radius 1 is 1.55 bits per heavy atom. The summed E-state index contributed by atoms with van der Waals surface area (Å²) in [7, 11) is 0. The Bertz CT molecular complexity index is 628. The maximum Gasteiger partial charge on any atom is 0.297 e. The van der Waals surface area contributed by atoms with Gasteiger partial charge in [-0.05, 0) is 12.5 Å². The summed E-state index contributed by atoms with van der Waals surface area (Å²) in [5, 5.41) is 18.5. The molecule has 2 aromatic rings. The number of aromatic nitrogens is 3. The summed E-state index contributed by atoms with van der Waals surface area (Å²) in [5.74, 6) is -0.736. The van der Waals surface area contributed by atoms with Crippen LogP contribution in [0.4, 0.5) is 10.1 Å². The summed E-state index contributed by atoms with van der Waals surface area (Å²) in [6.07, 6.45) is 3.00. The van der Waals surface area contributed by atoms with Crippen LogP contribution >= 0.6 is 0 Å². The Labute approximate surface area is 114 Å². The third-order valence-corrected chi connectivity index (χ3v) is 2.88. The van der Waals surface area contributed by atoms with Crippen LogP contribution in [0.3, 0.4) is 0 Å². The van der Waals surface area contributed by atoms with Crippen molar-refractivity contribution in [2.75, 3.05) is 0 Å². The first kappa shape index (κ1) is 14.1. The van der Waals surface area contributed by atoms with Gasteiger partial charge < -0.3 is 5.73 Å². The Morgan fingerprint density at radius 3 is 2.95 bits per heavy atom. The van der Waals surface area contributed by atoms with Crippen LogP contribution in [0.1, 0.15) is 31.5 Å². The van der Waals surface area contributed by atoms with Crippen molar-refractivity contribution in [1.82, 2.24) is 15.0 Å². The van der Waals surface area contributed by atoms with Crippen LogP contribution in [0, 0.1) is 15.9 Å². The second-order valence-corrected chi connectivity index (χ2v) is 4.35. The standard InChI is InChI=1S/C12H14FN5O2/c1-2-4-9(14)10-7-17(16-15-10)12-8(13)5-3-6-11(12)18(19)20/h3,5-7,9H,2,4,14H2,1H3. The van der Waals surface area contributed by atoms with Crippen molar-refractivity contribution in [2.45, 2.75) is 25.8 Å². The molecular weight excluding hydrogens is 265 g/mol. The molecule has 20 heavy (non-hydrogen) atoms. The summed E-state index contributed by atoms with van der Waals surface area (Å²) in [5.41, 5.74) is 5.76. The van der Waals surface area contributed by atoms with Gasteiger partial charge in [0.2, 0.25) is 0 Å². The minimum absolute atomic E-state index is 0.236. The molecule has 2 N–H and O–H groups in total. The van der Waals surface area contributed by atoms with E-state index in [4.69, 9.17) is 5.73 Å². The molecule has 106 valence electrons. The molecular formula is C12H14FN5O2. The third-order valence-electron chi connectivity index (χ3n) is 2.88. The van der Waals surface area contributed by atoms with Gasteiger partial charge >= 0.3 is 0 Å². The number of nitrogens with two attached hydrogens (primary N) is 1. The van der Waals surface area contributed by atoms with Crippen molar-refractivity contribution in [3.8, 4) is 5.69 Å². The number of para-hydroxylation sites is 1. The molecule has 1 unspecified atom stereocenters. The molecule has 0 amide bonds. The second-order valence-electron chi connectivity index (χ2n) is 4.35. The van der Waals surface area contributed by atoms with Crippen molar-refractivity contribution >= 4 is 5.69 Å². The van der Waals surface area contributed by atoms with Crippen LogP contribution < -0.4 is 5.73 Å². The van der Waals surface area contributed by atoms with Gasteiger partial charge in [-0.3, -0.25) is 10.1 Å². The highest BCUT2D eigenvalue weighted by atomic mass is 19.1. The van der Waals surface area contributed by atoms with E-state index in [2.05, 4.69) is 10.3 Å². The molecule has 0 saturated carbocycles. The topological polar surface area (TPSA) is 99.9 Å². The fourth-order valence-corrected chi connectivity index (χ4v) is 1.89. The lowest BCUT2D eigenvalue weighted by atomic mass is 10.1. The molecule has 1 atom stereocenters. The zero-order chi connectivity index (χ0) is 14.7. The van der Waals surface area contributed by atoms with Crippen LogP contribution in [0.25, 0.3) is 5.69 Å². The van der Waals surface area contributed by atoms with E-state index in [1.807, 2.05) is 6.92 Å². The van der Waals surface area contributed by atoms with Gasteiger partial charge in [-0.2, -0.15) is 0 Å². The molecule has 2 rings (SSSR count). The zero-order valence-corrected chi connectivity index (χ0v) is 10.9. The number of hydrogen-bond donors (Lipinski definition) is 1. The van der Waals surface area contributed by atoms with E-state index < -0.39 is 10.7 Å². The van der Waals surface area contributed by atoms with Gasteiger partial charge in [0.05, 0.1) is 22.9 Å². The van der Waals surface area contributed by atoms with E-state index in [-0.39, 0.29) is 17.4 Å². The summed E-state index contributed by atoms with van der Waals surface area (Å²) in [6.45, 7) is 1.98.